The first-order valence-electron chi connectivity index (χ1n) is 7.51. The van der Waals surface area contributed by atoms with Gasteiger partial charge in [-0.05, 0) is 33.1 Å². The summed E-state index contributed by atoms with van der Waals surface area (Å²) in [6, 6.07) is 0. The summed E-state index contributed by atoms with van der Waals surface area (Å²) in [5.74, 6) is -0.886. The predicted octanol–water partition coefficient (Wildman–Crippen LogP) is 0.403. The third-order valence-corrected chi connectivity index (χ3v) is 5.50. The van der Waals surface area contributed by atoms with Crippen molar-refractivity contribution in [2.75, 3.05) is 6.61 Å². The van der Waals surface area contributed by atoms with Gasteiger partial charge in [0.2, 0.25) is 0 Å². The number of aliphatic hydroxyl groups is 4. The Labute approximate surface area is 125 Å². The van der Waals surface area contributed by atoms with Crippen LogP contribution < -0.4 is 0 Å². The van der Waals surface area contributed by atoms with Crippen LogP contribution in [0.1, 0.15) is 40.0 Å². The molecule has 2 aliphatic rings. The Bertz CT molecular complexity index is 454. The van der Waals surface area contributed by atoms with E-state index in [9.17, 15) is 20.1 Å². The Morgan fingerprint density at radius 2 is 1.86 bits per heavy atom. The van der Waals surface area contributed by atoms with Crippen LogP contribution in [0.2, 0.25) is 0 Å². The SMILES string of the molecule is C[C@@]1(O)C[C@H]2C=C[C@@](C)(O)[C@@](C)(C(=O)CCO)[C@@H]2[C@@H](O)C1. The first kappa shape index (κ1) is 16.6. The van der Waals surface area contributed by atoms with Crippen molar-refractivity contribution in [3.63, 3.8) is 0 Å². The number of carbonyl (C=O) groups excluding carboxylic acids is 1. The number of hydrogen-bond donors (Lipinski definition) is 4. The van der Waals surface area contributed by atoms with Crippen LogP contribution in [-0.4, -0.2) is 50.1 Å². The number of allylic oxidation sites excluding steroid dienone is 1. The van der Waals surface area contributed by atoms with Gasteiger partial charge in [-0.15, -0.1) is 0 Å². The molecule has 0 aliphatic heterocycles. The molecule has 21 heavy (non-hydrogen) atoms. The van der Waals surface area contributed by atoms with Gasteiger partial charge >= 0.3 is 0 Å². The molecule has 2 aliphatic carbocycles. The number of Topliss-reactive ketones (excluding diaryl/α,β-unsaturated/α-hetero) is 1. The summed E-state index contributed by atoms with van der Waals surface area (Å²) >= 11 is 0. The number of ketones is 1. The van der Waals surface area contributed by atoms with Crippen molar-refractivity contribution in [3.8, 4) is 0 Å². The molecule has 120 valence electrons. The third-order valence-electron chi connectivity index (χ3n) is 5.50. The van der Waals surface area contributed by atoms with Crippen LogP contribution in [0.5, 0.6) is 0 Å². The van der Waals surface area contributed by atoms with E-state index in [0.717, 1.165) is 0 Å². The van der Waals surface area contributed by atoms with E-state index in [2.05, 4.69) is 0 Å². The summed E-state index contributed by atoms with van der Waals surface area (Å²) in [5.41, 5.74) is -3.54. The molecule has 0 amide bonds. The molecule has 0 aromatic carbocycles. The van der Waals surface area contributed by atoms with Crippen LogP contribution in [0.25, 0.3) is 0 Å². The maximum absolute atomic E-state index is 12.6. The van der Waals surface area contributed by atoms with Crippen LogP contribution in [0, 0.1) is 17.3 Å². The van der Waals surface area contributed by atoms with E-state index >= 15 is 0 Å². The average Bonchev–Trinajstić information content (AvgIpc) is 2.32. The second-order valence-electron chi connectivity index (χ2n) is 7.27. The fourth-order valence-corrected chi connectivity index (χ4v) is 4.23. The number of aliphatic hydroxyl groups excluding tert-OH is 2. The lowest BCUT2D eigenvalue weighted by atomic mass is 9.51. The van der Waals surface area contributed by atoms with Gasteiger partial charge in [0.15, 0.2) is 0 Å². The average molecular weight is 298 g/mol. The first-order valence-corrected chi connectivity index (χ1v) is 7.51. The molecule has 0 spiro atoms. The van der Waals surface area contributed by atoms with E-state index in [1.54, 1.807) is 32.9 Å². The molecular weight excluding hydrogens is 272 g/mol. The quantitative estimate of drug-likeness (QED) is 0.566. The van der Waals surface area contributed by atoms with Crippen molar-refractivity contribution in [3.05, 3.63) is 12.2 Å². The zero-order valence-corrected chi connectivity index (χ0v) is 12.9. The summed E-state index contributed by atoms with van der Waals surface area (Å²) in [5, 5.41) is 40.5. The van der Waals surface area contributed by atoms with Crippen molar-refractivity contribution < 1.29 is 25.2 Å². The Hall–Kier alpha value is -0.750. The fourth-order valence-electron chi connectivity index (χ4n) is 4.23. The molecule has 0 aromatic heterocycles. The topological polar surface area (TPSA) is 98.0 Å². The van der Waals surface area contributed by atoms with E-state index in [1.165, 1.54) is 0 Å². The molecule has 0 unspecified atom stereocenters. The summed E-state index contributed by atoms with van der Waals surface area (Å²) in [7, 11) is 0. The molecule has 0 heterocycles. The summed E-state index contributed by atoms with van der Waals surface area (Å²) < 4.78 is 0. The second kappa shape index (κ2) is 5.16. The van der Waals surface area contributed by atoms with Crippen LogP contribution in [0.15, 0.2) is 12.2 Å². The number of hydrogen-bond acceptors (Lipinski definition) is 5. The van der Waals surface area contributed by atoms with Gasteiger partial charge in [0.1, 0.15) is 5.78 Å². The molecule has 0 radical (unpaired) electrons. The Kier molecular flexibility index (Phi) is 4.08. The van der Waals surface area contributed by atoms with Gasteiger partial charge in [-0.25, -0.2) is 0 Å². The molecule has 1 fully saturated rings. The molecule has 5 heteroatoms. The van der Waals surface area contributed by atoms with E-state index in [4.69, 9.17) is 5.11 Å². The van der Waals surface area contributed by atoms with Crippen molar-refractivity contribution in [2.45, 2.75) is 57.3 Å². The molecule has 0 aromatic rings. The lowest BCUT2D eigenvalue weighted by Crippen LogP contribution is -2.63. The van der Waals surface area contributed by atoms with Crippen LogP contribution in [0.4, 0.5) is 0 Å². The van der Waals surface area contributed by atoms with Crippen molar-refractivity contribution in [1.82, 2.24) is 0 Å². The van der Waals surface area contributed by atoms with Gasteiger partial charge in [-0.2, -0.15) is 0 Å². The monoisotopic (exact) mass is 298 g/mol. The normalized spacial score (nSPS) is 49.8. The first-order chi connectivity index (χ1) is 9.55. The molecule has 2 rings (SSSR count). The lowest BCUT2D eigenvalue weighted by Gasteiger charge is -2.56. The highest BCUT2D eigenvalue weighted by Crippen LogP contribution is 2.54. The van der Waals surface area contributed by atoms with Gasteiger partial charge in [0.05, 0.1) is 22.7 Å². The molecule has 5 nitrogen and oxygen atoms in total. The Morgan fingerprint density at radius 3 is 2.43 bits per heavy atom. The Morgan fingerprint density at radius 1 is 1.24 bits per heavy atom. The lowest BCUT2D eigenvalue weighted by molar-refractivity contribution is -0.177. The molecule has 4 N–H and O–H groups in total. The van der Waals surface area contributed by atoms with Crippen molar-refractivity contribution >= 4 is 5.78 Å². The standard InChI is InChI=1S/C16H26O5/c1-14(20)8-10-4-6-15(2,21)16(3,12(19)5-7-17)13(10)11(18)9-14/h4,6,10-11,13,17-18,20-21H,5,7-9H2,1-3H3/t10-,11+,13+,14-,15-,16+/m1/s1. The molecule has 0 saturated heterocycles. The predicted molar refractivity (Wildman–Crippen MR) is 77.4 cm³/mol. The maximum Gasteiger partial charge on any atom is 0.144 e. The van der Waals surface area contributed by atoms with Gasteiger partial charge in [0, 0.05) is 25.4 Å². The smallest absolute Gasteiger partial charge is 0.144 e. The minimum atomic E-state index is -1.38. The van der Waals surface area contributed by atoms with Gasteiger partial charge in [-0.1, -0.05) is 12.2 Å². The van der Waals surface area contributed by atoms with E-state index < -0.39 is 28.6 Å². The van der Waals surface area contributed by atoms with Crippen LogP contribution >= 0.6 is 0 Å². The fraction of sp³-hybridized carbons (Fsp3) is 0.812. The van der Waals surface area contributed by atoms with E-state index in [1.807, 2.05) is 0 Å². The van der Waals surface area contributed by atoms with E-state index in [0.29, 0.717) is 6.42 Å². The van der Waals surface area contributed by atoms with Gasteiger partial charge < -0.3 is 20.4 Å². The minimum absolute atomic E-state index is 0.0488. The van der Waals surface area contributed by atoms with Gasteiger partial charge in [0.25, 0.3) is 0 Å². The zero-order valence-electron chi connectivity index (χ0n) is 12.9. The highest BCUT2D eigenvalue weighted by Gasteiger charge is 2.60. The largest absolute Gasteiger partial charge is 0.396 e. The van der Waals surface area contributed by atoms with Crippen molar-refractivity contribution in [2.24, 2.45) is 17.3 Å². The second-order valence-corrected chi connectivity index (χ2v) is 7.27. The zero-order chi connectivity index (χ0) is 16.1. The summed E-state index contributed by atoms with van der Waals surface area (Å²) in [6.45, 7) is 4.63. The summed E-state index contributed by atoms with van der Waals surface area (Å²) in [4.78, 5) is 12.6. The minimum Gasteiger partial charge on any atom is -0.396 e. The van der Waals surface area contributed by atoms with Crippen molar-refractivity contribution in [1.29, 1.82) is 0 Å². The number of fused-ring (bicyclic) bond motifs is 1. The maximum atomic E-state index is 12.6. The van der Waals surface area contributed by atoms with Crippen LogP contribution in [-0.2, 0) is 4.79 Å². The molecular formula is C16H26O5. The molecule has 1 saturated carbocycles. The summed E-state index contributed by atoms with van der Waals surface area (Å²) in [6.07, 6.45) is 3.10. The number of carbonyl (C=O) groups is 1. The molecule has 6 atom stereocenters. The molecule has 0 bridgehead atoms. The van der Waals surface area contributed by atoms with Crippen LogP contribution in [0.3, 0.4) is 0 Å². The highest BCUT2D eigenvalue weighted by molar-refractivity contribution is 5.87. The highest BCUT2D eigenvalue weighted by atomic mass is 16.3. The van der Waals surface area contributed by atoms with E-state index in [-0.39, 0.29) is 31.1 Å². The Balaban J connectivity index is 2.47. The number of rotatable bonds is 3. The third kappa shape index (κ3) is 2.57. The van der Waals surface area contributed by atoms with Gasteiger partial charge in [-0.3, -0.25) is 4.79 Å².